The normalized spacial score (nSPS) is 18.7. The number of likely N-dealkylation sites (tertiary alicyclic amines) is 1. The molecule has 0 amide bonds. The summed E-state index contributed by atoms with van der Waals surface area (Å²) in [5, 5.41) is 1.64. The van der Waals surface area contributed by atoms with Gasteiger partial charge < -0.3 is 4.90 Å². The molecule has 0 spiro atoms. The van der Waals surface area contributed by atoms with Gasteiger partial charge in [0.25, 0.3) is 0 Å². The van der Waals surface area contributed by atoms with E-state index < -0.39 is 0 Å². The van der Waals surface area contributed by atoms with Gasteiger partial charge in [-0.15, -0.1) is 0 Å². The highest BCUT2D eigenvalue weighted by Gasteiger charge is 2.24. The summed E-state index contributed by atoms with van der Waals surface area (Å²) >= 11 is 8.05. The van der Waals surface area contributed by atoms with Gasteiger partial charge >= 0.3 is 0 Å². The Kier molecular flexibility index (Phi) is 6.34. The first-order chi connectivity index (χ1) is 12.0. The number of piperidine rings is 1. The number of nitrogens with zero attached hydrogens (tertiary/aromatic N) is 4. The smallest absolute Gasteiger partial charge is 0.186 e. The quantitative estimate of drug-likeness (QED) is 0.758. The topological polar surface area (TPSA) is 22.6 Å². The zero-order valence-electron chi connectivity index (χ0n) is 15.3. The van der Waals surface area contributed by atoms with Crippen LogP contribution in [-0.2, 0) is 13.1 Å². The van der Waals surface area contributed by atoms with Crippen LogP contribution >= 0.6 is 22.9 Å². The Bertz CT molecular complexity index is 673. The molecule has 1 aliphatic heterocycles. The van der Waals surface area contributed by atoms with Crippen molar-refractivity contribution in [2.75, 3.05) is 39.1 Å². The van der Waals surface area contributed by atoms with Crippen LogP contribution in [0.2, 0.25) is 5.15 Å². The fourth-order valence-corrected chi connectivity index (χ4v) is 4.57. The van der Waals surface area contributed by atoms with Gasteiger partial charge in [-0.1, -0.05) is 53.3 Å². The molecule has 0 saturated carbocycles. The predicted octanol–water partition coefficient (Wildman–Crippen LogP) is 3.96. The lowest BCUT2D eigenvalue weighted by molar-refractivity contribution is 0.108. The molecule has 136 valence electrons. The zero-order valence-corrected chi connectivity index (χ0v) is 16.9. The fourth-order valence-electron chi connectivity index (χ4n) is 3.35. The molecular formula is C19H27ClN4S. The fraction of sp³-hybridized carbons (Fsp3) is 0.526. The van der Waals surface area contributed by atoms with Crippen molar-refractivity contribution in [1.29, 1.82) is 0 Å². The summed E-state index contributed by atoms with van der Waals surface area (Å²) < 4.78 is 0. The molecule has 2 heterocycles. The second kappa shape index (κ2) is 8.49. The van der Waals surface area contributed by atoms with Crippen LogP contribution < -0.4 is 4.90 Å². The Morgan fingerprint density at radius 3 is 2.68 bits per heavy atom. The van der Waals surface area contributed by atoms with Gasteiger partial charge in [0, 0.05) is 39.8 Å². The first-order valence-electron chi connectivity index (χ1n) is 8.82. The van der Waals surface area contributed by atoms with Crippen molar-refractivity contribution in [2.45, 2.75) is 32.0 Å². The minimum atomic E-state index is 0.592. The van der Waals surface area contributed by atoms with Gasteiger partial charge in [-0.25, -0.2) is 4.98 Å². The molecule has 1 saturated heterocycles. The van der Waals surface area contributed by atoms with E-state index in [0.717, 1.165) is 31.3 Å². The molecule has 0 bridgehead atoms. The Balaban J connectivity index is 1.59. The van der Waals surface area contributed by atoms with Gasteiger partial charge in [-0.2, -0.15) is 0 Å². The molecule has 1 aromatic carbocycles. The van der Waals surface area contributed by atoms with Crippen LogP contribution in [0.4, 0.5) is 5.13 Å². The van der Waals surface area contributed by atoms with Crippen molar-refractivity contribution in [3.8, 4) is 0 Å². The van der Waals surface area contributed by atoms with Crippen LogP contribution in [0.25, 0.3) is 0 Å². The lowest BCUT2D eigenvalue weighted by Crippen LogP contribution is -2.45. The highest BCUT2D eigenvalue weighted by molar-refractivity contribution is 7.16. The summed E-state index contributed by atoms with van der Waals surface area (Å²) in [5.41, 5.74) is 1.38. The summed E-state index contributed by atoms with van der Waals surface area (Å²) in [6, 6.07) is 11.3. The lowest BCUT2D eigenvalue weighted by atomic mass is 10.0. The summed E-state index contributed by atoms with van der Waals surface area (Å²) in [6.07, 6.45) is 2.50. The maximum Gasteiger partial charge on any atom is 0.186 e. The third kappa shape index (κ3) is 4.94. The van der Waals surface area contributed by atoms with E-state index in [2.05, 4.69) is 52.2 Å². The molecule has 0 radical (unpaired) electrons. The van der Waals surface area contributed by atoms with Crippen LogP contribution in [0, 0.1) is 0 Å². The molecule has 1 fully saturated rings. The Labute approximate surface area is 160 Å². The second-order valence-corrected chi connectivity index (χ2v) is 8.46. The number of benzene rings is 1. The highest BCUT2D eigenvalue weighted by atomic mass is 35.5. The molecular weight excluding hydrogens is 352 g/mol. The Hall–Kier alpha value is -1.14. The van der Waals surface area contributed by atoms with Crippen molar-refractivity contribution >= 4 is 28.1 Å². The van der Waals surface area contributed by atoms with Gasteiger partial charge in [0.15, 0.2) is 5.13 Å². The van der Waals surface area contributed by atoms with Crippen molar-refractivity contribution < 1.29 is 0 Å². The van der Waals surface area contributed by atoms with E-state index in [0.29, 0.717) is 11.2 Å². The number of rotatable bonds is 6. The molecule has 2 aromatic rings. The van der Waals surface area contributed by atoms with Crippen LogP contribution in [0.5, 0.6) is 0 Å². The van der Waals surface area contributed by atoms with E-state index in [1.54, 1.807) is 11.3 Å². The SMILES string of the molecule is CN(C)c1nc(Cl)c(CN2CCCC(N(C)Cc3ccccc3)C2)s1. The molecule has 1 aromatic heterocycles. The van der Waals surface area contributed by atoms with Crippen LogP contribution in [0.1, 0.15) is 23.3 Å². The largest absolute Gasteiger partial charge is 0.354 e. The van der Waals surface area contributed by atoms with Crippen molar-refractivity contribution in [2.24, 2.45) is 0 Å². The molecule has 1 atom stereocenters. The number of anilines is 1. The third-order valence-corrected chi connectivity index (χ3v) is 6.40. The van der Waals surface area contributed by atoms with E-state index in [-0.39, 0.29) is 0 Å². The van der Waals surface area contributed by atoms with E-state index in [1.165, 1.54) is 23.3 Å². The minimum Gasteiger partial charge on any atom is -0.354 e. The standard InChI is InChI=1S/C19H27ClN4S/c1-22(2)19-21-18(20)17(25-19)14-24-11-7-10-16(13-24)23(3)12-15-8-5-4-6-9-15/h4-6,8-9,16H,7,10-14H2,1-3H3. The van der Waals surface area contributed by atoms with E-state index in [4.69, 9.17) is 11.6 Å². The van der Waals surface area contributed by atoms with E-state index in [9.17, 15) is 0 Å². The van der Waals surface area contributed by atoms with Crippen molar-refractivity contribution in [3.05, 3.63) is 45.9 Å². The molecule has 3 rings (SSSR count). The van der Waals surface area contributed by atoms with Gasteiger partial charge in [-0.3, -0.25) is 9.80 Å². The number of aromatic nitrogens is 1. The van der Waals surface area contributed by atoms with Gasteiger partial charge in [0.05, 0.1) is 4.88 Å². The summed E-state index contributed by atoms with van der Waals surface area (Å²) in [7, 11) is 6.26. The highest BCUT2D eigenvalue weighted by Crippen LogP contribution is 2.30. The molecule has 6 heteroatoms. The lowest BCUT2D eigenvalue weighted by Gasteiger charge is -2.37. The molecule has 4 nitrogen and oxygen atoms in total. The average Bonchev–Trinajstić information content (AvgIpc) is 2.97. The predicted molar refractivity (Wildman–Crippen MR) is 108 cm³/mol. The van der Waals surface area contributed by atoms with E-state index in [1.807, 2.05) is 19.0 Å². The molecule has 0 aliphatic carbocycles. The van der Waals surface area contributed by atoms with Crippen LogP contribution in [-0.4, -0.2) is 55.1 Å². The monoisotopic (exact) mass is 378 g/mol. The summed E-state index contributed by atoms with van der Waals surface area (Å²) in [5.74, 6) is 0. The molecule has 25 heavy (non-hydrogen) atoms. The summed E-state index contributed by atoms with van der Waals surface area (Å²) in [4.78, 5) is 12.7. The summed E-state index contributed by atoms with van der Waals surface area (Å²) in [6.45, 7) is 4.14. The third-order valence-electron chi connectivity index (χ3n) is 4.77. The second-order valence-electron chi connectivity index (χ2n) is 7.04. The number of halogens is 1. The minimum absolute atomic E-state index is 0.592. The van der Waals surface area contributed by atoms with Gasteiger partial charge in [0.2, 0.25) is 0 Å². The number of hydrogen-bond acceptors (Lipinski definition) is 5. The first-order valence-corrected chi connectivity index (χ1v) is 10.0. The zero-order chi connectivity index (χ0) is 17.8. The first kappa shape index (κ1) is 18.6. The van der Waals surface area contributed by atoms with Crippen molar-refractivity contribution in [1.82, 2.24) is 14.8 Å². The molecule has 1 unspecified atom stereocenters. The molecule has 0 N–H and O–H groups in total. The van der Waals surface area contributed by atoms with Crippen LogP contribution in [0.15, 0.2) is 30.3 Å². The maximum absolute atomic E-state index is 6.35. The number of likely N-dealkylation sites (N-methyl/N-ethyl adjacent to an activating group) is 1. The number of hydrogen-bond donors (Lipinski definition) is 0. The van der Waals surface area contributed by atoms with E-state index >= 15 is 0 Å². The van der Waals surface area contributed by atoms with Gasteiger partial charge in [0.1, 0.15) is 5.15 Å². The number of thiazole rings is 1. The van der Waals surface area contributed by atoms with Crippen molar-refractivity contribution in [3.63, 3.8) is 0 Å². The van der Waals surface area contributed by atoms with Crippen LogP contribution in [0.3, 0.4) is 0 Å². The maximum atomic E-state index is 6.35. The Morgan fingerprint density at radius 2 is 2.00 bits per heavy atom. The average molecular weight is 379 g/mol. The molecule has 1 aliphatic rings. The van der Waals surface area contributed by atoms with Gasteiger partial charge in [-0.05, 0) is 32.0 Å². The Morgan fingerprint density at radius 1 is 1.24 bits per heavy atom.